The third kappa shape index (κ3) is 4.18. The van der Waals surface area contributed by atoms with E-state index in [2.05, 4.69) is 53.6 Å². The number of ether oxygens (including phenoxy) is 1. The minimum atomic E-state index is -0.0113. The number of morpholine rings is 1. The lowest BCUT2D eigenvalue weighted by atomic mass is 10.1. The topological polar surface area (TPSA) is 105 Å². The van der Waals surface area contributed by atoms with Gasteiger partial charge in [0, 0.05) is 49.9 Å². The Hall–Kier alpha value is -3.61. The first-order valence-electron chi connectivity index (χ1n) is 11.6. The zero-order valence-corrected chi connectivity index (χ0v) is 18.9. The molecule has 3 aromatic rings. The van der Waals surface area contributed by atoms with Crippen molar-refractivity contribution in [3.8, 4) is 11.8 Å². The largest absolute Gasteiger partial charge is 0.375 e. The molecule has 1 saturated carbocycles. The number of nitrogens with zero attached hydrogens (tertiary/aromatic N) is 5. The van der Waals surface area contributed by atoms with E-state index >= 15 is 0 Å². The molecular formula is C25H25N7O2. The van der Waals surface area contributed by atoms with Gasteiger partial charge in [-0.25, -0.2) is 9.97 Å². The summed E-state index contributed by atoms with van der Waals surface area (Å²) in [7, 11) is 1.78. The molecule has 0 spiro atoms. The molecule has 1 amide bonds. The van der Waals surface area contributed by atoms with E-state index in [-0.39, 0.29) is 11.8 Å². The molecule has 1 aliphatic carbocycles. The summed E-state index contributed by atoms with van der Waals surface area (Å²) in [4.78, 5) is 23.6. The lowest BCUT2D eigenvalue weighted by Gasteiger charge is -2.26. The van der Waals surface area contributed by atoms with Gasteiger partial charge in [0.2, 0.25) is 5.91 Å². The van der Waals surface area contributed by atoms with Crippen LogP contribution in [0.5, 0.6) is 0 Å². The Bertz CT molecular complexity index is 1310. The van der Waals surface area contributed by atoms with E-state index in [0.717, 1.165) is 44.3 Å². The SMILES string of the molecule is CNc1ncc(C#Cc2ccc(CN3C[C@@H]4C[C@H]3CO4)cn2)c2cc(NC(=O)C3CC3)nnc12. The Labute approximate surface area is 197 Å². The molecule has 0 aromatic carbocycles. The number of hydrogen-bond acceptors (Lipinski definition) is 8. The van der Waals surface area contributed by atoms with Crippen LogP contribution >= 0.6 is 0 Å². The third-order valence-corrected chi connectivity index (χ3v) is 6.62. The van der Waals surface area contributed by atoms with Gasteiger partial charge < -0.3 is 15.4 Å². The lowest BCUT2D eigenvalue weighted by Crippen LogP contribution is -2.36. The number of carbonyl (C=O) groups excluding carboxylic acids is 1. The molecule has 2 atom stereocenters. The minimum Gasteiger partial charge on any atom is -0.375 e. The number of hydrogen-bond donors (Lipinski definition) is 2. The van der Waals surface area contributed by atoms with Gasteiger partial charge >= 0.3 is 0 Å². The summed E-state index contributed by atoms with van der Waals surface area (Å²) in [6.07, 6.45) is 6.99. The molecule has 5 heterocycles. The first kappa shape index (κ1) is 21.0. The van der Waals surface area contributed by atoms with Crippen molar-refractivity contribution in [2.45, 2.75) is 38.0 Å². The number of rotatable bonds is 5. The number of fused-ring (bicyclic) bond motifs is 3. The molecule has 3 fully saturated rings. The van der Waals surface area contributed by atoms with Crippen LogP contribution in [0.2, 0.25) is 0 Å². The van der Waals surface area contributed by atoms with Crippen LogP contribution in [0.15, 0.2) is 30.6 Å². The molecule has 34 heavy (non-hydrogen) atoms. The van der Waals surface area contributed by atoms with Crippen molar-refractivity contribution in [1.29, 1.82) is 0 Å². The summed E-state index contributed by atoms with van der Waals surface area (Å²) in [6.45, 7) is 2.73. The zero-order valence-electron chi connectivity index (χ0n) is 18.9. The molecule has 2 saturated heterocycles. The average Bonchev–Trinajstić information content (AvgIpc) is 3.52. The lowest BCUT2D eigenvalue weighted by molar-refractivity contribution is -0.117. The molecule has 3 aliphatic rings. The summed E-state index contributed by atoms with van der Waals surface area (Å²) in [5, 5.41) is 15.1. The van der Waals surface area contributed by atoms with E-state index < -0.39 is 0 Å². The highest BCUT2D eigenvalue weighted by Crippen LogP contribution is 2.31. The second kappa shape index (κ2) is 8.63. The standard InChI is InChI=1S/C25H25N7O2/c1-26-24-23-21(9-22(30-31-23)29-25(33)16-3-4-16)17(11-28-24)5-7-18-6-2-15(10-27-18)12-32-13-20-8-19(32)14-34-20/h2,6,9-11,16,19-20H,3-4,8,12-14H2,1H3,(H,26,28)(H,29,30,33)/t19-,20-/m0/s1. The summed E-state index contributed by atoms with van der Waals surface area (Å²) in [5.74, 6) is 7.42. The Morgan fingerprint density at radius 3 is 2.82 bits per heavy atom. The van der Waals surface area contributed by atoms with Gasteiger partial charge in [0.15, 0.2) is 11.6 Å². The van der Waals surface area contributed by atoms with Gasteiger partial charge in [-0.15, -0.1) is 10.2 Å². The molecule has 2 aliphatic heterocycles. The van der Waals surface area contributed by atoms with E-state index in [1.165, 1.54) is 5.56 Å². The number of likely N-dealkylation sites (tertiary alicyclic amines) is 1. The van der Waals surface area contributed by atoms with Crippen molar-refractivity contribution in [2.24, 2.45) is 5.92 Å². The van der Waals surface area contributed by atoms with Crippen LogP contribution in [0, 0.1) is 17.8 Å². The normalized spacial score (nSPS) is 21.3. The summed E-state index contributed by atoms with van der Waals surface area (Å²) in [5.41, 5.74) is 3.16. The van der Waals surface area contributed by atoms with Gasteiger partial charge in [0.05, 0.1) is 18.3 Å². The number of pyridine rings is 2. The van der Waals surface area contributed by atoms with Crippen LogP contribution < -0.4 is 10.6 Å². The molecule has 2 bridgehead atoms. The van der Waals surface area contributed by atoms with Crippen LogP contribution in [0.25, 0.3) is 10.9 Å². The fourth-order valence-corrected chi connectivity index (χ4v) is 4.58. The van der Waals surface area contributed by atoms with Gasteiger partial charge in [0.1, 0.15) is 11.2 Å². The van der Waals surface area contributed by atoms with Crippen molar-refractivity contribution >= 4 is 28.4 Å². The molecule has 9 nitrogen and oxygen atoms in total. The van der Waals surface area contributed by atoms with Gasteiger partial charge in [-0.05, 0) is 42.9 Å². The highest BCUT2D eigenvalue weighted by atomic mass is 16.5. The summed E-state index contributed by atoms with van der Waals surface area (Å²) >= 11 is 0. The molecule has 172 valence electrons. The molecule has 2 N–H and O–H groups in total. The predicted molar refractivity (Wildman–Crippen MR) is 127 cm³/mol. The third-order valence-electron chi connectivity index (χ3n) is 6.62. The van der Waals surface area contributed by atoms with Gasteiger partial charge in [0.25, 0.3) is 0 Å². The van der Waals surface area contributed by atoms with Crippen molar-refractivity contribution in [3.63, 3.8) is 0 Å². The van der Waals surface area contributed by atoms with E-state index in [1.54, 1.807) is 19.3 Å². The Kier molecular flexibility index (Phi) is 5.32. The highest BCUT2D eigenvalue weighted by Gasteiger charge is 2.38. The van der Waals surface area contributed by atoms with E-state index in [4.69, 9.17) is 4.74 Å². The van der Waals surface area contributed by atoms with Crippen LogP contribution in [-0.4, -0.2) is 63.3 Å². The van der Waals surface area contributed by atoms with Crippen molar-refractivity contribution in [2.75, 3.05) is 30.8 Å². The fourth-order valence-electron chi connectivity index (χ4n) is 4.58. The second-order valence-electron chi connectivity index (χ2n) is 9.10. The Morgan fingerprint density at radius 2 is 2.12 bits per heavy atom. The second-order valence-corrected chi connectivity index (χ2v) is 9.10. The zero-order chi connectivity index (χ0) is 23.1. The molecule has 9 heteroatoms. The highest BCUT2D eigenvalue weighted by molar-refractivity contribution is 5.97. The monoisotopic (exact) mass is 455 g/mol. The van der Waals surface area contributed by atoms with E-state index in [9.17, 15) is 4.79 Å². The molecular weight excluding hydrogens is 430 g/mol. The molecule has 0 radical (unpaired) electrons. The maximum atomic E-state index is 12.2. The number of amides is 1. The maximum absolute atomic E-state index is 12.2. The number of nitrogens with one attached hydrogen (secondary N) is 2. The summed E-state index contributed by atoms with van der Waals surface area (Å²) in [6, 6.07) is 6.37. The van der Waals surface area contributed by atoms with E-state index in [0.29, 0.717) is 40.6 Å². The van der Waals surface area contributed by atoms with Crippen LogP contribution in [-0.2, 0) is 16.1 Å². The maximum Gasteiger partial charge on any atom is 0.228 e. The minimum absolute atomic E-state index is 0.0113. The smallest absolute Gasteiger partial charge is 0.228 e. The van der Waals surface area contributed by atoms with Crippen LogP contribution in [0.1, 0.15) is 36.1 Å². The first-order valence-corrected chi connectivity index (χ1v) is 11.6. The molecule has 3 aromatic heterocycles. The van der Waals surface area contributed by atoms with Crippen molar-refractivity contribution in [3.05, 3.63) is 47.4 Å². The fraction of sp³-hybridized carbons (Fsp3) is 0.400. The summed E-state index contributed by atoms with van der Waals surface area (Å²) < 4.78 is 5.68. The van der Waals surface area contributed by atoms with E-state index in [1.807, 2.05) is 12.3 Å². The quantitative estimate of drug-likeness (QED) is 0.564. The number of carbonyl (C=O) groups is 1. The molecule has 0 unspecified atom stereocenters. The van der Waals surface area contributed by atoms with Crippen molar-refractivity contribution < 1.29 is 9.53 Å². The Morgan fingerprint density at radius 1 is 1.21 bits per heavy atom. The van der Waals surface area contributed by atoms with Crippen molar-refractivity contribution in [1.82, 2.24) is 25.1 Å². The van der Waals surface area contributed by atoms with Gasteiger partial charge in [-0.2, -0.15) is 0 Å². The average molecular weight is 456 g/mol. The predicted octanol–water partition coefficient (Wildman–Crippen LogP) is 2.18. The van der Waals surface area contributed by atoms with Crippen LogP contribution in [0.4, 0.5) is 11.6 Å². The van der Waals surface area contributed by atoms with Gasteiger partial charge in [-0.3, -0.25) is 9.69 Å². The van der Waals surface area contributed by atoms with Gasteiger partial charge in [-0.1, -0.05) is 12.0 Å². The number of anilines is 2. The first-order chi connectivity index (χ1) is 16.7. The molecule has 6 rings (SSSR count). The Balaban J connectivity index is 1.23. The number of aromatic nitrogens is 4. The van der Waals surface area contributed by atoms with Crippen LogP contribution in [0.3, 0.4) is 0 Å².